The Balaban J connectivity index is 1.87. The zero-order chi connectivity index (χ0) is 13.6. The molecule has 19 heavy (non-hydrogen) atoms. The fraction of sp³-hybridized carbons (Fsp3) is 0.538. The van der Waals surface area contributed by atoms with Gasteiger partial charge in [0.2, 0.25) is 0 Å². The Bertz CT molecular complexity index is 538. The van der Waals surface area contributed by atoms with E-state index in [1.807, 2.05) is 0 Å². The molecule has 0 aliphatic heterocycles. The summed E-state index contributed by atoms with van der Waals surface area (Å²) in [4.78, 5) is 10.6. The summed E-state index contributed by atoms with van der Waals surface area (Å²) in [6.07, 6.45) is 4.68. The van der Waals surface area contributed by atoms with E-state index >= 15 is 0 Å². The molecule has 3 unspecified atom stereocenters. The third-order valence-corrected chi connectivity index (χ3v) is 4.92. The van der Waals surface area contributed by atoms with Gasteiger partial charge in [0, 0.05) is 18.2 Å². The maximum absolute atomic E-state index is 13.6. The number of nitro benzene ring substituents is 1. The van der Waals surface area contributed by atoms with E-state index in [1.165, 1.54) is 31.4 Å². The zero-order valence-corrected chi connectivity index (χ0v) is 11.8. The van der Waals surface area contributed by atoms with Crippen LogP contribution in [0.3, 0.4) is 0 Å². The molecule has 0 saturated heterocycles. The molecule has 0 spiro atoms. The Labute approximate surface area is 118 Å². The lowest BCUT2D eigenvalue weighted by Crippen LogP contribution is -2.26. The van der Waals surface area contributed by atoms with E-state index < -0.39 is 10.7 Å². The first kappa shape index (κ1) is 12.8. The molecule has 6 heteroatoms. The third kappa shape index (κ3) is 2.33. The molecular formula is C13H14BrFN2O2. The number of nitrogens with one attached hydrogen (secondary N) is 1. The smallest absolute Gasteiger partial charge is 0.293 e. The summed E-state index contributed by atoms with van der Waals surface area (Å²) in [5.74, 6) is 0.842. The fourth-order valence-corrected chi connectivity index (χ4v) is 3.76. The van der Waals surface area contributed by atoms with Crippen molar-refractivity contribution in [1.82, 2.24) is 0 Å². The second kappa shape index (κ2) is 4.74. The van der Waals surface area contributed by atoms with E-state index in [-0.39, 0.29) is 16.2 Å². The Hall–Kier alpha value is -1.17. The SMILES string of the molecule is O=[N+]([O-])c1cc(Br)c(F)cc1NC1CC2CCC1C2. The first-order valence-electron chi connectivity index (χ1n) is 6.44. The van der Waals surface area contributed by atoms with Crippen LogP contribution in [0, 0.1) is 27.8 Å². The first-order valence-corrected chi connectivity index (χ1v) is 7.24. The van der Waals surface area contributed by atoms with Crippen molar-refractivity contribution < 1.29 is 9.31 Å². The number of halogens is 2. The van der Waals surface area contributed by atoms with Gasteiger partial charge in [-0.3, -0.25) is 10.1 Å². The highest BCUT2D eigenvalue weighted by molar-refractivity contribution is 9.10. The maximum Gasteiger partial charge on any atom is 0.293 e. The predicted molar refractivity (Wildman–Crippen MR) is 73.6 cm³/mol. The Morgan fingerprint density at radius 3 is 2.74 bits per heavy atom. The highest BCUT2D eigenvalue weighted by Gasteiger charge is 2.40. The topological polar surface area (TPSA) is 55.2 Å². The average Bonchev–Trinajstić information content (AvgIpc) is 2.95. The van der Waals surface area contributed by atoms with Crippen molar-refractivity contribution in [1.29, 1.82) is 0 Å². The summed E-state index contributed by atoms with van der Waals surface area (Å²) in [5, 5.41) is 14.2. The van der Waals surface area contributed by atoms with E-state index in [2.05, 4.69) is 21.2 Å². The number of rotatable bonds is 3. The maximum atomic E-state index is 13.6. The van der Waals surface area contributed by atoms with Crippen LogP contribution in [-0.4, -0.2) is 11.0 Å². The van der Waals surface area contributed by atoms with Crippen LogP contribution in [0.4, 0.5) is 15.8 Å². The Morgan fingerprint density at radius 1 is 1.37 bits per heavy atom. The fourth-order valence-electron chi connectivity index (χ4n) is 3.42. The largest absolute Gasteiger partial charge is 0.376 e. The number of hydrogen-bond donors (Lipinski definition) is 1. The van der Waals surface area contributed by atoms with Crippen molar-refractivity contribution in [3.63, 3.8) is 0 Å². The van der Waals surface area contributed by atoms with Crippen LogP contribution in [0.15, 0.2) is 16.6 Å². The third-order valence-electron chi connectivity index (χ3n) is 4.31. The van der Waals surface area contributed by atoms with E-state index in [1.54, 1.807) is 0 Å². The molecule has 0 heterocycles. The molecule has 2 aliphatic rings. The number of nitro groups is 1. The van der Waals surface area contributed by atoms with Gasteiger partial charge in [-0.1, -0.05) is 6.42 Å². The Kier molecular flexibility index (Phi) is 3.20. The molecule has 1 aromatic rings. The van der Waals surface area contributed by atoms with Crippen molar-refractivity contribution in [2.24, 2.45) is 11.8 Å². The molecule has 2 saturated carbocycles. The van der Waals surface area contributed by atoms with Gasteiger partial charge in [0.15, 0.2) is 0 Å². The molecule has 2 bridgehead atoms. The minimum Gasteiger partial charge on any atom is -0.376 e. The van der Waals surface area contributed by atoms with Crippen LogP contribution >= 0.6 is 15.9 Å². The normalized spacial score (nSPS) is 28.6. The quantitative estimate of drug-likeness (QED) is 0.671. The lowest BCUT2D eigenvalue weighted by Gasteiger charge is -2.23. The molecule has 2 aliphatic carbocycles. The Morgan fingerprint density at radius 2 is 2.16 bits per heavy atom. The minimum absolute atomic E-state index is 0.0731. The van der Waals surface area contributed by atoms with Crippen LogP contribution < -0.4 is 5.32 Å². The summed E-state index contributed by atoms with van der Waals surface area (Å²) in [5.41, 5.74) is 0.222. The van der Waals surface area contributed by atoms with Crippen LogP contribution in [0.25, 0.3) is 0 Å². The highest BCUT2D eigenvalue weighted by atomic mass is 79.9. The summed E-state index contributed by atoms with van der Waals surface area (Å²) < 4.78 is 13.7. The molecule has 1 N–H and O–H groups in total. The lowest BCUT2D eigenvalue weighted by atomic mass is 9.95. The van der Waals surface area contributed by atoms with Crippen LogP contribution in [0.5, 0.6) is 0 Å². The summed E-state index contributed by atoms with van der Waals surface area (Å²) >= 11 is 2.99. The standard InChI is InChI=1S/C13H14BrFN2O2/c14-9-5-13(17(18)19)12(6-10(9)15)16-11-4-7-1-2-8(11)3-7/h5-8,11,16H,1-4H2. The summed E-state index contributed by atoms with van der Waals surface area (Å²) in [6.45, 7) is 0. The van der Waals surface area contributed by atoms with Crippen LogP contribution in [0.2, 0.25) is 0 Å². The van der Waals surface area contributed by atoms with Crippen LogP contribution in [0.1, 0.15) is 25.7 Å². The van der Waals surface area contributed by atoms with Crippen molar-refractivity contribution in [3.05, 3.63) is 32.5 Å². The van der Waals surface area contributed by atoms with E-state index in [9.17, 15) is 14.5 Å². The second-order valence-electron chi connectivity index (χ2n) is 5.47. The summed E-state index contributed by atoms with van der Waals surface area (Å²) in [7, 11) is 0. The number of hydrogen-bond acceptors (Lipinski definition) is 3. The number of nitrogens with zero attached hydrogens (tertiary/aromatic N) is 1. The molecule has 102 valence electrons. The highest BCUT2D eigenvalue weighted by Crippen LogP contribution is 2.46. The zero-order valence-electron chi connectivity index (χ0n) is 10.2. The van der Waals surface area contributed by atoms with Gasteiger partial charge >= 0.3 is 0 Å². The van der Waals surface area contributed by atoms with E-state index in [0.717, 1.165) is 12.3 Å². The second-order valence-corrected chi connectivity index (χ2v) is 6.32. The van der Waals surface area contributed by atoms with Crippen molar-refractivity contribution in [3.8, 4) is 0 Å². The van der Waals surface area contributed by atoms with Crippen molar-refractivity contribution >= 4 is 27.3 Å². The lowest BCUT2D eigenvalue weighted by molar-refractivity contribution is -0.384. The van der Waals surface area contributed by atoms with Gasteiger partial charge < -0.3 is 5.32 Å². The van der Waals surface area contributed by atoms with Gasteiger partial charge in [-0.2, -0.15) is 0 Å². The van der Waals surface area contributed by atoms with Crippen molar-refractivity contribution in [2.75, 3.05) is 5.32 Å². The van der Waals surface area contributed by atoms with Crippen LogP contribution in [-0.2, 0) is 0 Å². The molecule has 2 fully saturated rings. The molecule has 1 aromatic carbocycles. The van der Waals surface area contributed by atoms with Gasteiger partial charge in [-0.15, -0.1) is 0 Å². The van der Waals surface area contributed by atoms with E-state index in [0.29, 0.717) is 11.6 Å². The van der Waals surface area contributed by atoms with Gasteiger partial charge in [0.25, 0.3) is 5.69 Å². The van der Waals surface area contributed by atoms with Gasteiger partial charge in [0.05, 0.1) is 9.40 Å². The van der Waals surface area contributed by atoms with Gasteiger partial charge in [-0.25, -0.2) is 4.39 Å². The molecule has 0 radical (unpaired) electrons. The van der Waals surface area contributed by atoms with Gasteiger partial charge in [0.1, 0.15) is 11.5 Å². The monoisotopic (exact) mass is 328 g/mol. The molecule has 0 amide bonds. The van der Waals surface area contributed by atoms with Crippen molar-refractivity contribution in [2.45, 2.75) is 31.7 Å². The number of anilines is 1. The minimum atomic E-state index is -0.476. The summed E-state index contributed by atoms with van der Waals surface area (Å²) in [6, 6.07) is 2.69. The molecule has 3 rings (SSSR count). The van der Waals surface area contributed by atoms with E-state index in [4.69, 9.17) is 0 Å². The van der Waals surface area contributed by atoms with Gasteiger partial charge in [-0.05, 0) is 47.0 Å². The number of fused-ring (bicyclic) bond motifs is 2. The average molecular weight is 329 g/mol. The number of benzene rings is 1. The molecule has 3 atom stereocenters. The first-order chi connectivity index (χ1) is 9.04. The molecule has 0 aromatic heterocycles. The molecule has 4 nitrogen and oxygen atoms in total. The molecular weight excluding hydrogens is 315 g/mol. The predicted octanol–water partition coefficient (Wildman–Crippen LogP) is 4.10.